The Hall–Kier alpha value is -3.34. The Kier molecular flexibility index (Phi) is 6.27. The third-order valence-electron chi connectivity index (χ3n) is 4.48. The van der Waals surface area contributed by atoms with Crippen LogP contribution in [0.5, 0.6) is 0 Å². The molecule has 0 aliphatic heterocycles. The van der Waals surface area contributed by atoms with Crippen LogP contribution < -0.4 is 10.6 Å². The molecule has 2 N–H and O–H groups in total. The SMILES string of the molecule is CC(C)[C@H](NC(=O)c1cccc(-c2ccccc2)c1)C(=O)NCc1ccco1. The van der Waals surface area contributed by atoms with Gasteiger partial charge >= 0.3 is 0 Å². The van der Waals surface area contributed by atoms with Gasteiger partial charge in [-0.25, -0.2) is 0 Å². The van der Waals surface area contributed by atoms with Gasteiger partial charge in [-0.1, -0.05) is 56.3 Å². The fourth-order valence-electron chi connectivity index (χ4n) is 2.93. The van der Waals surface area contributed by atoms with Crippen molar-refractivity contribution in [3.63, 3.8) is 0 Å². The molecule has 144 valence electrons. The first kappa shape index (κ1) is 19.4. The Bertz CT molecular complexity index is 918. The second-order valence-corrected chi connectivity index (χ2v) is 6.94. The first-order chi connectivity index (χ1) is 13.5. The maximum atomic E-state index is 12.8. The smallest absolute Gasteiger partial charge is 0.251 e. The summed E-state index contributed by atoms with van der Waals surface area (Å²) in [6.45, 7) is 4.09. The van der Waals surface area contributed by atoms with Crippen molar-refractivity contribution in [2.45, 2.75) is 26.4 Å². The molecule has 28 heavy (non-hydrogen) atoms. The van der Waals surface area contributed by atoms with Gasteiger partial charge < -0.3 is 15.1 Å². The van der Waals surface area contributed by atoms with Crippen molar-refractivity contribution >= 4 is 11.8 Å². The molecule has 0 fully saturated rings. The summed E-state index contributed by atoms with van der Waals surface area (Å²) in [4.78, 5) is 25.3. The number of rotatable bonds is 7. The van der Waals surface area contributed by atoms with Gasteiger partial charge in [-0.3, -0.25) is 9.59 Å². The molecular weight excluding hydrogens is 352 g/mol. The van der Waals surface area contributed by atoms with E-state index < -0.39 is 6.04 Å². The predicted molar refractivity (Wildman–Crippen MR) is 109 cm³/mol. The fraction of sp³-hybridized carbons (Fsp3) is 0.217. The highest BCUT2D eigenvalue weighted by atomic mass is 16.3. The summed E-state index contributed by atoms with van der Waals surface area (Å²) >= 11 is 0. The van der Waals surface area contributed by atoms with Crippen LogP contribution in [0.2, 0.25) is 0 Å². The minimum Gasteiger partial charge on any atom is -0.467 e. The summed E-state index contributed by atoms with van der Waals surface area (Å²) in [5.74, 6) is 0.0965. The van der Waals surface area contributed by atoms with Crippen LogP contribution in [0.15, 0.2) is 77.4 Å². The van der Waals surface area contributed by atoms with E-state index in [4.69, 9.17) is 4.42 Å². The first-order valence-electron chi connectivity index (χ1n) is 9.31. The van der Waals surface area contributed by atoms with Gasteiger partial charge in [0.2, 0.25) is 5.91 Å². The van der Waals surface area contributed by atoms with Crippen molar-refractivity contribution in [1.82, 2.24) is 10.6 Å². The van der Waals surface area contributed by atoms with Crippen LogP contribution in [0, 0.1) is 5.92 Å². The van der Waals surface area contributed by atoms with Gasteiger partial charge in [0.1, 0.15) is 11.8 Å². The molecule has 1 aromatic heterocycles. The van der Waals surface area contributed by atoms with E-state index in [1.54, 1.807) is 24.5 Å². The van der Waals surface area contributed by atoms with Crippen LogP contribution in [-0.2, 0) is 11.3 Å². The number of benzene rings is 2. The Balaban J connectivity index is 1.69. The number of hydrogen-bond donors (Lipinski definition) is 2. The zero-order valence-corrected chi connectivity index (χ0v) is 16.0. The lowest BCUT2D eigenvalue weighted by atomic mass is 10.0. The largest absolute Gasteiger partial charge is 0.467 e. The average molecular weight is 376 g/mol. The van der Waals surface area contributed by atoms with E-state index in [9.17, 15) is 9.59 Å². The van der Waals surface area contributed by atoms with E-state index in [2.05, 4.69) is 10.6 Å². The number of carbonyl (C=O) groups excluding carboxylic acids is 2. The molecule has 2 aromatic carbocycles. The highest BCUT2D eigenvalue weighted by Crippen LogP contribution is 2.20. The second-order valence-electron chi connectivity index (χ2n) is 6.94. The van der Waals surface area contributed by atoms with E-state index in [1.807, 2.05) is 62.4 Å². The number of nitrogens with one attached hydrogen (secondary N) is 2. The molecule has 0 bridgehead atoms. The quantitative estimate of drug-likeness (QED) is 0.654. The third kappa shape index (κ3) is 4.88. The van der Waals surface area contributed by atoms with Gasteiger partial charge in [-0.15, -0.1) is 0 Å². The van der Waals surface area contributed by atoms with Crippen molar-refractivity contribution in [2.24, 2.45) is 5.92 Å². The summed E-state index contributed by atoms with van der Waals surface area (Å²) < 4.78 is 5.23. The number of carbonyl (C=O) groups is 2. The Morgan fingerprint density at radius 1 is 0.929 bits per heavy atom. The summed E-state index contributed by atoms with van der Waals surface area (Å²) in [6.07, 6.45) is 1.56. The van der Waals surface area contributed by atoms with Gasteiger partial charge in [0, 0.05) is 5.56 Å². The lowest BCUT2D eigenvalue weighted by molar-refractivity contribution is -0.124. The third-order valence-corrected chi connectivity index (χ3v) is 4.48. The van der Waals surface area contributed by atoms with Crippen molar-refractivity contribution < 1.29 is 14.0 Å². The fourth-order valence-corrected chi connectivity index (χ4v) is 2.93. The van der Waals surface area contributed by atoms with Crippen molar-refractivity contribution in [3.8, 4) is 11.1 Å². The molecule has 0 spiro atoms. The molecule has 0 radical (unpaired) electrons. The van der Waals surface area contributed by atoms with E-state index in [-0.39, 0.29) is 24.3 Å². The molecule has 0 aliphatic carbocycles. The van der Waals surface area contributed by atoms with E-state index in [0.717, 1.165) is 11.1 Å². The Morgan fingerprint density at radius 2 is 1.68 bits per heavy atom. The maximum absolute atomic E-state index is 12.8. The number of furan rings is 1. The maximum Gasteiger partial charge on any atom is 0.251 e. The average Bonchev–Trinajstić information content (AvgIpc) is 3.24. The molecule has 5 nitrogen and oxygen atoms in total. The van der Waals surface area contributed by atoms with Crippen molar-refractivity contribution in [3.05, 3.63) is 84.3 Å². The molecule has 1 heterocycles. The van der Waals surface area contributed by atoms with E-state index in [1.165, 1.54) is 0 Å². The molecule has 3 aromatic rings. The van der Waals surface area contributed by atoms with E-state index in [0.29, 0.717) is 11.3 Å². The number of hydrogen-bond acceptors (Lipinski definition) is 3. The summed E-state index contributed by atoms with van der Waals surface area (Å²) in [5, 5.41) is 5.67. The van der Waals surface area contributed by atoms with Crippen LogP contribution in [-0.4, -0.2) is 17.9 Å². The highest BCUT2D eigenvalue weighted by Gasteiger charge is 2.24. The molecule has 0 aliphatic rings. The predicted octanol–water partition coefficient (Wildman–Crippen LogP) is 4.02. The van der Waals surface area contributed by atoms with Crippen LogP contribution >= 0.6 is 0 Å². The number of amides is 2. The summed E-state index contributed by atoms with van der Waals surface area (Å²) in [5.41, 5.74) is 2.51. The zero-order valence-electron chi connectivity index (χ0n) is 16.0. The topological polar surface area (TPSA) is 71.3 Å². The zero-order chi connectivity index (χ0) is 19.9. The summed E-state index contributed by atoms with van der Waals surface area (Å²) in [6, 6.07) is 20.2. The molecule has 3 rings (SSSR count). The molecule has 0 saturated heterocycles. The highest BCUT2D eigenvalue weighted by molar-refractivity contribution is 5.98. The minimum absolute atomic E-state index is 0.0575. The molecular formula is C23H24N2O3. The molecule has 0 saturated carbocycles. The van der Waals surface area contributed by atoms with Gasteiger partial charge in [-0.05, 0) is 41.3 Å². The molecule has 0 unspecified atom stereocenters. The minimum atomic E-state index is -0.636. The van der Waals surface area contributed by atoms with Gasteiger partial charge in [0.15, 0.2) is 0 Å². The Labute approximate surface area is 164 Å². The lowest BCUT2D eigenvalue weighted by Crippen LogP contribution is -2.49. The van der Waals surface area contributed by atoms with E-state index >= 15 is 0 Å². The Morgan fingerprint density at radius 3 is 2.36 bits per heavy atom. The molecule has 5 heteroatoms. The summed E-state index contributed by atoms with van der Waals surface area (Å²) in [7, 11) is 0. The van der Waals surface area contributed by atoms with Crippen LogP contribution in [0.4, 0.5) is 0 Å². The van der Waals surface area contributed by atoms with Gasteiger partial charge in [-0.2, -0.15) is 0 Å². The molecule has 2 amide bonds. The lowest BCUT2D eigenvalue weighted by Gasteiger charge is -2.21. The van der Waals surface area contributed by atoms with Crippen molar-refractivity contribution in [2.75, 3.05) is 0 Å². The second kappa shape index (κ2) is 9.04. The van der Waals surface area contributed by atoms with Gasteiger partial charge in [0.05, 0.1) is 12.8 Å². The first-order valence-corrected chi connectivity index (χ1v) is 9.31. The standard InChI is InChI=1S/C23H24N2O3/c1-16(2)21(23(27)24-15-20-12-7-13-28-20)25-22(26)19-11-6-10-18(14-19)17-8-4-3-5-9-17/h3-14,16,21H,15H2,1-2H3,(H,24,27)(H,25,26)/t21-/m0/s1. The monoisotopic (exact) mass is 376 g/mol. The van der Waals surface area contributed by atoms with Crippen molar-refractivity contribution in [1.29, 1.82) is 0 Å². The van der Waals surface area contributed by atoms with Gasteiger partial charge in [0.25, 0.3) is 5.91 Å². The van der Waals surface area contributed by atoms with Crippen LogP contribution in [0.1, 0.15) is 30.0 Å². The van der Waals surface area contributed by atoms with Crippen LogP contribution in [0.3, 0.4) is 0 Å². The van der Waals surface area contributed by atoms with Crippen LogP contribution in [0.25, 0.3) is 11.1 Å². The molecule has 1 atom stereocenters. The normalized spacial score (nSPS) is 11.8.